The van der Waals surface area contributed by atoms with Crippen molar-refractivity contribution in [1.29, 1.82) is 0 Å². The molecule has 1 amide bonds. The summed E-state index contributed by atoms with van der Waals surface area (Å²) in [5.74, 6) is 0. The van der Waals surface area contributed by atoms with Gasteiger partial charge in [0.15, 0.2) is 0 Å². The van der Waals surface area contributed by atoms with Crippen molar-refractivity contribution in [1.82, 2.24) is 4.90 Å². The van der Waals surface area contributed by atoms with Crippen LogP contribution in [0.4, 0.5) is 0 Å². The first-order chi connectivity index (χ1) is 4.43. The van der Waals surface area contributed by atoms with Gasteiger partial charge in [-0.2, -0.15) is 0 Å². The molecule has 0 aliphatic carbocycles. The monoisotopic (exact) mass is 122 g/mol. The van der Waals surface area contributed by atoms with E-state index in [0.29, 0.717) is 6.41 Å². The van der Waals surface area contributed by atoms with E-state index in [9.17, 15) is 4.79 Å². The van der Waals surface area contributed by atoms with Gasteiger partial charge in [-0.1, -0.05) is 0 Å². The quantitative estimate of drug-likeness (QED) is 0.466. The second-order valence-corrected chi connectivity index (χ2v) is 1.49. The zero-order chi connectivity index (χ0) is 6.53. The third-order valence-corrected chi connectivity index (χ3v) is 0.877. The Balaban J connectivity index is 2.69. The predicted molar refractivity (Wildman–Crippen MR) is 34.7 cm³/mol. The molecular formula is C6H6N2O. The average molecular weight is 122 g/mol. The molecule has 3 heteroatoms. The van der Waals surface area contributed by atoms with E-state index in [2.05, 4.69) is 4.99 Å². The Morgan fingerprint density at radius 3 is 3.11 bits per heavy atom. The van der Waals surface area contributed by atoms with Gasteiger partial charge in [-0.05, 0) is 6.08 Å². The van der Waals surface area contributed by atoms with Crippen LogP contribution in [0, 0.1) is 0 Å². The standard InChI is InChI=1S/C6H6N2O/c9-6-8-4-1-2-7-3-5-8/h1-6H. The van der Waals surface area contributed by atoms with Crippen LogP contribution in [0.2, 0.25) is 0 Å². The van der Waals surface area contributed by atoms with Crippen molar-refractivity contribution < 1.29 is 4.79 Å². The van der Waals surface area contributed by atoms with Gasteiger partial charge in [0.1, 0.15) is 0 Å². The van der Waals surface area contributed by atoms with Crippen molar-refractivity contribution >= 4 is 12.6 Å². The van der Waals surface area contributed by atoms with E-state index in [0.717, 1.165) is 0 Å². The lowest BCUT2D eigenvalue weighted by Gasteiger charge is -1.99. The second kappa shape index (κ2) is 2.81. The van der Waals surface area contributed by atoms with Gasteiger partial charge < -0.3 is 0 Å². The molecular weight excluding hydrogens is 116 g/mol. The van der Waals surface area contributed by atoms with Crippen LogP contribution >= 0.6 is 0 Å². The van der Waals surface area contributed by atoms with Gasteiger partial charge in [0.25, 0.3) is 0 Å². The molecule has 1 aliphatic heterocycles. The molecule has 3 nitrogen and oxygen atoms in total. The lowest BCUT2D eigenvalue weighted by molar-refractivity contribution is -0.114. The number of nitrogens with zero attached hydrogens (tertiary/aromatic N) is 2. The summed E-state index contributed by atoms with van der Waals surface area (Å²) in [5.41, 5.74) is 0. The lowest BCUT2D eigenvalue weighted by Crippen LogP contribution is -2.03. The number of aliphatic imine (C=N–C) groups is 1. The second-order valence-electron chi connectivity index (χ2n) is 1.49. The summed E-state index contributed by atoms with van der Waals surface area (Å²) in [6.45, 7) is 0. The van der Waals surface area contributed by atoms with Gasteiger partial charge in [-0.3, -0.25) is 14.7 Å². The van der Waals surface area contributed by atoms with Crippen LogP contribution in [0.15, 0.2) is 29.7 Å². The van der Waals surface area contributed by atoms with E-state index in [1.54, 1.807) is 30.9 Å². The van der Waals surface area contributed by atoms with Crippen LogP contribution in [0.1, 0.15) is 0 Å². The Kier molecular flexibility index (Phi) is 1.80. The number of rotatable bonds is 1. The van der Waals surface area contributed by atoms with Crippen molar-refractivity contribution in [2.45, 2.75) is 0 Å². The number of hydrogen-bond acceptors (Lipinski definition) is 2. The van der Waals surface area contributed by atoms with Crippen molar-refractivity contribution in [3.8, 4) is 0 Å². The Bertz CT molecular complexity index is 165. The summed E-state index contributed by atoms with van der Waals surface area (Å²) >= 11 is 0. The zero-order valence-corrected chi connectivity index (χ0v) is 4.77. The van der Waals surface area contributed by atoms with E-state index in [1.165, 1.54) is 4.90 Å². The van der Waals surface area contributed by atoms with Gasteiger partial charge in [-0.15, -0.1) is 0 Å². The van der Waals surface area contributed by atoms with E-state index < -0.39 is 0 Å². The van der Waals surface area contributed by atoms with E-state index in [-0.39, 0.29) is 0 Å². The maximum absolute atomic E-state index is 10.1. The molecule has 0 saturated heterocycles. The van der Waals surface area contributed by atoms with E-state index in [1.807, 2.05) is 0 Å². The van der Waals surface area contributed by atoms with Crippen LogP contribution in [0.25, 0.3) is 0 Å². The minimum Gasteiger partial charge on any atom is -0.296 e. The molecule has 0 saturated carbocycles. The maximum Gasteiger partial charge on any atom is 0.217 e. The molecule has 0 radical (unpaired) electrons. The molecule has 9 heavy (non-hydrogen) atoms. The number of carbonyl (C=O) groups excluding carboxylic acids is 1. The van der Waals surface area contributed by atoms with Crippen molar-refractivity contribution in [3.05, 3.63) is 24.7 Å². The smallest absolute Gasteiger partial charge is 0.217 e. The molecule has 0 aromatic carbocycles. The lowest BCUT2D eigenvalue weighted by atomic mass is 10.6. The molecule has 0 atom stereocenters. The molecule has 0 aromatic rings. The molecule has 1 rings (SSSR count). The fourth-order valence-corrected chi connectivity index (χ4v) is 0.473. The highest BCUT2D eigenvalue weighted by Gasteiger charge is 1.87. The van der Waals surface area contributed by atoms with Gasteiger partial charge in [0.2, 0.25) is 6.41 Å². The molecule has 0 spiro atoms. The van der Waals surface area contributed by atoms with Gasteiger partial charge in [0.05, 0.1) is 0 Å². The largest absolute Gasteiger partial charge is 0.296 e. The normalized spacial score (nSPS) is 15.8. The van der Waals surface area contributed by atoms with E-state index >= 15 is 0 Å². The summed E-state index contributed by atoms with van der Waals surface area (Å²) in [7, 11) is 0. The molecule has 0 aromatic heterocycles. The highest BCUT2D eigenvalue weighted by molar-refractivity contribution is 5.73. The molecule has 46 valence electrons. The van der Waals surface area contributed by atoms with Crippen molar-refractivity contribution in [3.63, 3.8) is 0 Å². The Morgan fingerprint density at radius 1 is 1.44 bits per heavy atom. The summed E-state index contributed by atoms with van der Waals surface area (Å²) in [6, 6.07) is 0. The molecule has 0 fully saturated rings. The molecule has 0 N–H and O–H groups in total. The highest BCUT2D eigenvalue weighted by atomic mass is 16.1. The summed E-state index contributed by atoms with van der Waals surface area (Å²) in [6.07, 6.45) is 8.76. The Labute approximate surface area is 53.0 Å². The number of carbonyl (C=O) groups is 1. The van der Waals surface area contributed by atoms with Crippen molar-refractivity contribution in [2.75, 3.05) is 0 Å². The zero-order valence-electron chi connectivity index (χ0n) is 4.77. The Hall–Kier alpha value is -1.38. The number of amides is 1. The van der Waals surface area contributed by atoms with Gasteiger partial charge in [0, 0.05) is 24.8 Å². The van der Waals surface area contributed by atoms with Crippen LogP contribution in [-0.4, -0.2) is 17.5 Å². The van der Waals surface area contributed by atoms with Gasteiger partial charge >= 0.3 is 0 Å². The fourth-order valence-electron chi connectivity index (χ4n) is 0.473. The number of hydrogen-bond donors (Lipinski definition) is 0. The van der Waals surface area contributed by atoms with Crippen molar-refractivity contribution in [2.24, 2.45) is 4.99 Å². The van der Waals surface area contributed by atoms with Crippen LogP contribution in [0.5, 0.6) is 0 Å². The highest BCUT2D eigenvalue weighted by Crippen LogP contribution is 1.90. The molecule has 0 bridgehead atoms. The maximum atomic E-state index is 10.1. The molecule has 1 heterocycles. The first-order valence-electron chi connectivity index (χ1n) is 2.53. The van der Waals surface area contributed by atoms with E-state index in [4.69, 9.17) is 0 Å². The first-order valence-corrected chi connectivity index (χ1v) is 2.53. The van der Waals surface area contributed by atoms with Crippen LogP contribution < -0.4 is 0 Å². The van der Waals surface area contributed by atoms with Gasteiger partial charge in [-0.25, -0.2) is 0 Å². The summed E-state index contributed by atoms with van der Waals surface area (Å²) in [4.78, 5) is 15.2. The average Bonchev–Trinajstić information content (AvgIpc) is 2.13. The summed E-state index contributed by atoms with van der Waals surface area (Å²) in [5, 5.41) is 0. The topological polar surface area (TPSA) is 32.7 Å². The summed E-state index contributed by atoms with van der Waals surface area (Å²) < 4.78 is 0. The third kappa shape index (κ3) is 1.53. The number of allylic oxidation sites excluding steroid dienone is 1. The Morgan fingerprint density at radius 2 is 2.33 bits per heavy atom. The molecule has 1 aliphatic rings. The fraction of sp³-hybridized carbons (Fsp3) is 0. The third-order valence-electron chi connectivity index (χ3n) is 0.877. The van der Waals surface area contributed by atoms with Crippen LogP contribution in [0.3, 0.4) is 0 Å². The first kappa shape index (κ1) is 5.75. The minimum atomic E-state index is 0.710. The SMILES string of the molecule is O=CN1C=CC=NC=C1. The van der Waals surface area contributed by atoms with Crippen LogP contribution in [-0.2, 0) is 4.79 Å². The molecule has 0 unspecified atom stereocenters. The predicted octanol–water partition coefficient (Wildman–Crippen LogP) is 0.514. The minimum absolute atomic E-state index is 0.710.